The highest BCUT2D eigenvalue weighted by atomic mass is 35.5. The second-order valence-corrected chi connectivity index (χ2v) is 5.40. The van der Waals surface area contributed by atoms with Gasteiger partial charge in [-0.05, 0) is 18.2 Å². The molecule has 0 aliphatic rings. The predicted molar refractivity (Wildman–Crippen MR) is 88.2 cm³/mol. The summed E-state index contributed by atoms with van der Waals surface area (Å²) in [5, 5.41) is 13.9. The zero-order valence-corrected chi connectivity index (χ0v) is 13.3. The van der Waals surface area contributed by atoms with E-state index in [9.17, 15) is 9.90 Å². The van der Waals surface area contributed by atoms with Gasteiger partial charge in [0.15, 0.2) is 11.3 Å². The zero-order chi connectivity index (χ0) is 16.6. The van der Waals surface area contributed by atoms with Crippen LogP contribution in [0, 0.1) is 0 Å². The van der Waals surface area contributed by atoms with Crippen LogP contribution in [0.2, 0.25) is 10.0 Å². The van der Waals surface area contributed by atoms with Gasteiger partial charge in [0.25, 0.3) is 0 Å². The van der Waals surface area contributed by atoms with Crippen LogP contribution in [0.5, 0.6) is 11.5 Å². The van der Waals surface area contributed by atoms with Gasteiger partial charge in [0, 0.05) is 17.8 Å². The van der Waals surface area contributed by atoms with E-state index in [0.717, 1.165) is 0 Å². The number of pyridine rings is 1. The van der Waals surface area contributed by atoms with Crippen LogP contribution in [-0.4, -0.2) is 17.2 Å². The van der Waals surface area contributed by atoms with Crippen LogP contribution in [-0.2, 0) is 0 Å². The highest BCUT2D eigenvalue weighted by Crippen LogP contribution is 2.35. The summed E-state index contributed by atoms with van der Waals surface area (Å²) in [5.74, 6) is -0.0322. The topological polar surface area (TPSA) is 84.6 Å². The van der Waals surface area contributed by atoms with E-state index in [-0.39, 0.29) is 32.8 Å². The molecule has 0 atom stereocenters. The first kappa shape index (κ1) is 15.5. The fourth-order valence-corrected chi connectivity index (χ4v) is 2.53. The SMILES string of the molecule is COc1ccc2cc(Nc3c(Cl)cncc3Cl)c(=O)oc2c1O. The number of hydrogen-bond acceptors (Lipinski definition) is 6. The molecule has 0 saturated carbocycles. The Balaban J connectivity index is 2.13. The van der Waals surface area contributed by atoms with Crippen molar-refractivity contribution in [2.45, 2.75) is 0 Å². The first-order chi connectivity index (χ1) is 11.0. The molecular formula is C15H10Cl2N2O4. The summed E-state index contributed by atoms with van der Waals surface area (Å²) in [4.78, 5) is 16.0. The number of aromatic hydroxyl groups is 1. The molecule has 118 valence electrons. The van der Waals surface area contributed by atoms with Crippen LogP contribution < -0.4 is 15.7 Å². The lowest BCUT2D eigenvalue weighted by atomic mass is 10.2. The van der Waals surface area contributed by atoms with Crippen LogP contribution in [0.25, 0.3) is 11.0 Å². The third kappa shape index (κ3) is 2.78. The third-order valence-corrected chi connectivity index (χ3v) is 3.75. The molecule has 3 aromatic rings. The monoisotopic (exact) mass is 352 g/mol. The lowest BCUT2D eigenvalue weighted by Crippen LogP contribution is -2.07. The van der Waals surface area contributed by atoms with Crippen LogP contribution in [0.15, 0.2) is 39.8 Å². The second kappa shape index (κ2) is 5.98. The standard InChI is InChI=1S/C15H10Cl2N2O4/c1-22-11-3-2-7-4-10(15(21)23-14(7)13(11)20)19-12-8(16)5-18-6-9(12)17/h2-6,20H,1H3,(H,18,19). The molecule has 0 spiro atoms. The van der Waals surface area contributed by atoms with Gasteiger partial charge in [0.05, 0.1) is 22.8 Å². The molecule has 8 heteroatoms. The van der Waals surface area contributed by atoms with Gasteiger partial charge in [-0.3, -0.25) is 4.98 Å². The Morgan fingerprint density at radius 2 is 1.96 bits per heavy atom. The van der Waals surface area contributed by atoms with Crippen molar-refractivity contribution in [2.75, 3.05) is 12.4 Å². The number of nitrogens with zero attached hydrogens (tertiary/aromatic N) is 1. The first-order valence-electron chi connectivity index (χ1n) is 6.41. The van der Waals surface area contributed by atoms with Gasteiger partial charge in [-0.1, -0.05) is 23.2 Å². The number of aromatic nitrogens is 1. The Bertz CT molecular complexity index is 936. The number of anilines is 2. The fourth-order valence-electron chi connectivity index (χ4n) is 2.07. The van der Waals surface area contributed by atoms with Gasteiger partial charge in [-0.15, -0.1) is 0 Å². The normalized spacial score (nSPS) is 10.7. The number of methoxy groups -OCH3 is 1. The fraction of sp³-hybridized carbons (Fsp3) is 0.0667. The number of rotatable bonds is 3. The molecule has 0 radical (unpaired) electrons. The predicted octanol–water partition coefficient (Wildman–Crippen LogP) is 3.95. The first-order valence-corrected chi connectivity index (χ1v) is 7.16. The summed E-state index contributed by atoms with van der Waals surface area (Å²) < 4.78 is 10.1. The van der Waals surface area contributed by atoms with E-state index in [1.165, 1.54) is 25.6 Å². The summed E-state index contributed by atoms with van der Waals surface area (Å²) in [7, 11) is 1.41. The van der Waals surface area contributed by atoms with Crippen molar-refractivity contribution in [3.05, 3.63) is 51.1 Å². The highest BCUT2D eigenvalue weighted by Gasteiger charge is 2.14. The zero-order valence-electron chi connectivity index (χ0n) is 11.8. The van der Waals surface area contributed by atoms with Gasteiger partial charge >= 0.3 is 5.63 Å². The van der Waals surface area contributed by atoms with E-state index in [1.54, 1.807) is 12.1 Å². The maximum Gasteiger partial charge on any atom is 0.360 e. The molecule has 3 rings (SSSR count). The molecule has 0 bridgehead atoms. The van der Waals surface area contributed by atoms with E-state index in [2.05, 4.69) is 10.3 Å². The lowest BCUT2D eigenvalue weighted by molar-refractivity contribution is 0.370. The molecule has 6 nitrogen and oxygen atoms in total. The van der Waals surface area contributed by atoms with Crippen molar-refractivity contribution < 1.29 is 14.3 Å². The number of phenolic OH excluding ortho intramolecular Hbond substituents is 1. The van der Waals surface area contributed by atoms with E-state index in [4.69, 9.17) is 32.4 Å². The van der Waals surface area contributed by atoms with Crippen molar-refractivity contribution in [2.24, 2.45) is 0 Å². The maximum atomic E-state index is 12.1. The molecular weight excluding hydrogens is 343 g/mol. The van der Waals surface area contributed by atoms with Crippen molar-refractivity contribution in [1.82, 2.24) is 4.98 Å². The van der Waals surface area contributed by atoms with E-state index >= 15 is 0 Å². The molecule has 0 aliphatic carbocycles. The average molecular weight is 353 g/mol. The summed E-state index contributed by atoms with van der Waals surface area (Å²) in [6.07, 6.45) is 2.80. The van der Waals surface area contributed by atoms with Crippen molar-refractivity contribution in [3.63, 3.8) is 0 Å². The largest absolute Gasteiger partial charge is 0.502 e. The van der Waals surface area contributed by atoms with Crippen LogP contribution >= 0.6 is 23.2 Å². The quantitative estimate of drug-likeness (QED) is 0.694. The van der Waals surface area contributed by atoms with Gasteiger partial charge in [0.2, 0.25) is 5.75 Å². The Hall–Kier alpha value is -2.44. The molecule has 0 saturated heterocycles. The lowest BCUT2D eigenvalue weighted by Gasteiger charge is -2.10. The van der Waals surface area contributed by atoms with E-state index < -0.39 is 5.63 Å². The Kier molecular flexibility index (Phi) is 4.02. The van der Waals surface area contributed by atoms with Gasteiger partial charge in [-0.2, -0.15) is 0 Å². The van der Waals surface area contributed by atoms with Gasteiger partial charge in [-0.25, -0.2) is 4.79 Å². The van der Waals surface area contributed by atoms with E-state index in [0.29, 0.717) is 11.1 Å². The number of ether oxygens (including phenoxy) is 1. The molecule has 0 aliphatic heterocycles. The molecule has 23 heavy (non-hydrogen) atoms. The Morgan fingerprint density at radius 1 is 1.26 bits per heavy atom. The second-order valence-electron chi connectivity index (χ2n) is 4.59. The minimum atomic E-state index is -0.690. The van der Waals surface area contributed by atoms with Crippen molar-refractivity contribution >= 4 is 45.5 Å². The van der Waals surface area contributed by atoms with Gasteiger partial charge in [0.1, 0.15) is 5.69 Å². The minimum absolute atomic E-state index is 0.0341. The number of hydrogen-bond donors (Lipinski definition) is 2. The van der Waals surface area contributed by atoms with Crippen LogP contribution in [0.4, 0.5) is 11.4 Å². The Morgan fingerprint density at radius 3 is 2.61 bits per heavy atom. The average Bonchev–Trinajstić information content (AvgIpc) is 2.52. The van der Waals surface area contributed by atoms with Crippen LogP contribution in [0.3, 0.4) is 0 Å². The number of phenols is 1. The molecule has 1 aromatic carbocycles. The number of fused-ring (bicyclic) bond motifs is 1. The molecule has 0 fully saturated rings. The molecule has 0 unspecified atom stereocenters. The van der Waals surface area contributed by atoms with Crippen molar-refractivity contribution in [1.29, 1.82) is 0 Å². The minimum Gasteiger partial charge on any atom is -0.502 e. The number of halogens is 2. The molecule has 0 amide bonds. The summed E-state index contributed by atoms with van der Waals surface area (Å²) >= 11 is 12.0. The van der Waals surface area contributed by atoms with Crippen molar-refractivity contribution in [3.8, 4) is 11.5 Å². The Labute approximate surface area is 140 Å². The molecule has 2 heterocycles. The van der Waals surface area contributed by atoms with Gasteiger partial charge < -0.3 is 19.6 Å². The summed E-state index contributed by atoms with van der Waals surface area (Å²) in [5.41, 5.74) is -0.193. The molecule has 2 N–H and O–H groups in total. The highest BCUT2D eigenvalue weighted by molar-refractivity contribution is 6.39. The molecule has 2 aromatic heterocycles. The number of nitrogens with one attached hydrogen (secondary N) is 1. The maximum absolute atomic E-state index is 12.1. The summed E-state index contributed by atoms with van der Waals surface area (Å²) in [6.45, 7) is 0. The van der Waals surface area contributed by atoms with E-state index in [1.807, 2.05) is 0 Å². The van der Waals surface area contributed by atoms with Crippen LogP contribution in [0.1, 0.15) is 0 Å². The third-order valence-electron chi connectivity index (χ3n) is 3.17. The summed E-state index contributed by atoms with van der Waals surface area (Å²) in [6, 6.07) is 4.74. The number of benzene rings is 1. The smallest absolute Gasteiger partial charge is 0.360 e.